The number of hydrogen-bond acceptors (Lipinski definition) is 3. The van der Waals surface area contributed by atoms with E-state index in [9.17, 15) is 0 Å². The van der Waals surface area contributed by atoms with Gasteiger partial charge in [0.05, 0.1) is 0 Å². The quantitative estimate of drug-likeness (QED) is 0.902. The van der Waals surface area contributed by atoms with Gasteiger partial charge in [0, 0.05) is 24.4 Å². The van der Waals surface area contributed by atoms with E-state index in [4.69, 9.17) is 4.98 Å². The summed E-state index contributed by atoms with van der Waals surface area (Å²) >= 11 is 0. The summed E-state index contributed by atoms with van der Waals surface area (Å²) in [7, 11) is 1.90. The number of nitrogens with zero attached hydrogens (tertiary/aromatic N) is 2. The van der Waals surface area contributed by atoms with Crippen LogP contribution in [0, 0.1) is 0 Å². The Bertz CT molecular complexity index is 598. The van der Waals surface area contributed by atoms with Crippen LogP contribution in [0.5, 0.6) is 0 Å². The lowest BCUT2D eigenvalue weighted by Crippen LogP contribution is -2.02. The first-order valence-electron chi connectivity index (χ1n) is 7.34. The summed E-state index contributed by atoms with van der Waals surface area (Å²) in [5.74, 6) is 2.88. The third-order valence-electron chi connectivity index (χ3n) is 3.81. The van der Waals surface area contributed by atoms with E-state index in [0.717, 1.165) is 28.8 Å². The third-order valence-corrected chi connectivity index (χ3v) is 3.81. The monoisotopic (exact) mass is 267 g/mol. The van der Waals surface area contributed by atoms with Crippen molar-refractivity contribution in [2.75, 3.05) is 12.4 Å². The van der Waals surface area contributed by atoms with Crippen LogP contribution in [0.4, 0.5) is 5.82 Å². The Kier molecular flexibility index (Phi) is 3.43. The van der Waals surface area contributed by atoms with E-state index in [-0.39, 0.29) is 0 Å². The second-order valence-corrected chi connectivity index (χ2v) is 5.80. The van der Waals surface area contributed by atoms with E-state index in [2.05, 4.69) is 48.4 Å². The van der Waals surface area contributed by atoms with Gasteiger partial charge >= 0.3 is 0 Å². The van der Waals surface area contributed by atoms with E-state index >= 15 is 0 Å². The van der Waals surface area contributed by atoms with Crippen LogP contribution in [0.2, 0.25) is 0 Å². The Morgan fingerprint density at radius 3 is 2.35 bits per heavy atom. The summed E-state index contributed by atoms with van der Waals surface area (Å²) in [6, 6.07) is 10.8. The van der Waals surface area contributed by atoms with Gasteiger partial charge in [0.1, 0.15) is 5.82 Å². The summed E-state index contributed by atoms with van der Waals surface area (Å²) in [6.45, 7) is 4.31. The third kappa shape index (κ3) is 2.67. The van der Waals surface area contributed by atoms with E-state index in [1.165, 1.54) is 18.4 Å². The van der Waals surface area contributed by atoms with Gasteiger partial charge in [-0.15, -0.1) is 0 Å². The molecule has 1 aliphatic rings. The van der Waals surface area contributed by atoms with Gasteiger partial charge in [-0.1, -0.05) is 38.1 Å². The number of aromatic nitrogens is 2. The molecule has 104 valence electrons. The van der Waals surface area contributed by atoms with Gasteiger partial charge in [-0.05, 0) is 30.2 Å². The molecule has 1 saturated carbocycles. The minimum atomic E-state index is 0.398. The average Bonchev–Trinajstić information content (AvgIpc) is 3.31. The molecule has 3 nitrogen and oxygen atoms in total. The summed E-state index contributed by atoms with van der Waals surface area (Å²) in [5, 5.41) is 3.12. The zero-order valence-electron chi connectivity index (χ0n) is 12.4. The average molecular weight is 267 g/mol. The summed E-state index contributed by atoms with van der Waals surface area (Å²) in [6.07, 6.45) is 2.67. The highest BCUT2D eigenvalue weighted by Gasteiger charge is 2.23. The van der Waals surface area contributed by atoms with Crippen molar-refractivity contribution >= 4 is 5.82 Å². The fraction of sp³-hybridized carbons (Fsp3) is 0.412. The zero-order valence-corrected chi connectivity index (χ0v) is 12.4. The molecule has 20 heavy (non-hydrogen) atoms. The predicted octanol–water partition coefficient (Wildman–Crippen LogP) is 4.19. The SMILES string of the molecule is CNc1cc(C(C)C)nc(-c2ccc(C3CC3)cc2)n1. The maximum atomic E-state index is 4.69. The Morgan fingerprint density at radius 2 is 1.80 bits per heavy atom. The molecule has 0 unspecified atom stereocenters. The molecule has 0 spiro atoms. The van der Waals surface area contributed by atoms with E-state index < -0.39 is 0 Å². The number of anilines is 1. The van der Waals surface area contributed by atoms with Gasteiger partial charge in [0.25, 0.3) is 0 Å². The lowest BCUT2D eigenvalue weighted by Gasteiger charge is -2.10. The molecule has 0 atom stereocenters. The number of benzene rings is 1. The van der Waals surface area contributed by atoms with Crippen molar-refractivity contribution in [2.24, 2.45) is 0 Å². The van der Waals surface area contributed by atoms with E-state index in [1.54, 1.807) is 0 Å². The van der Waals surface area contributed by atoms with Crippen molar-refractivity contribution in [2.45, 2.75) is 38.5 Å². The number of hydrogen-bond donors (Lipinski definition) is 1. The first-order valence-corrected chi connectivity index (χ1v) is 7.34. The maximum Gasteiger partial charge on any atom is 0.161 e. The molecular formula is C17H21N3. The molecule has 1 aromatic carbocycles. The Labute approximate surface area is 120 Å². The second-order valence-electron chi connectivity index (χ2n) is 5.80. The highest BCUT2D eigenvalue weighted by molar-refractivity contribution is 5.58. The fourth-order valence-corrected chi connectivity index (χ4v) is 2.34. The van der Waals surface area contributed by atoms with E-state index in [1.807, 2.05) is 13.1 Å². The van der Waals surface area contributed by atoms with Crippen LogP contribution in [0.25, 0.3) is 11.4 Å². The van der Waals surface area contributed by atoms with Crippen LogP contribution in [0.15, 0.2) is 30.3 Å². The van der Waals surface area contributed by atoms with Gasteiger partial charge in [-0.3, -0.25) is 0 Å². The molecule has 1 aliphatic carbocycles. The molecule has 1 heterocycles. The molecule has 1 fully saturated rings. The van der Waals surface area contributed by atoms with Crippen LogP contribution in [-0.4, -0.2) is 17.0 Å². The summed E-state index contributed by atoms with van der Waals surface area (Å²) < 4.78 is 0. The van der Waals surface area contributed by atoms with Crippen molar-refractivity contribution in [3.05, 3.63) is 41.6 Å². The minimum Gasteiger partial charge on any atom is -0.373 e. The zero-order chi connectivity index (χ0) is 14.1. The normalized spacial score (nSPS) is 14.6. The lowest BCUT2D eigenvalue weighted by molar-refractivity contribution is 0.817. The van der Waals surface area contributed by atoms with Crippen LogP contribution >= 0.6 is 0 Å². The Balaban J connectivity index is 1.97. The summed E-state index contributed by atoms with van der Waals surface area (Å²) in [5.41, 5.74) is 3.61. The smallest absolute Gasteiger partial charge is 0.161 e. The van der Waals surface area contributed by atoms with Gasteiger partial charge in [-0.2, -0.15) is 0 Å². The van der Waals surface area contributed by atoms with Gasteiger partial charge in [-0.25, -0.2) is 9.97 Å². The van der Waals surface area contributed by atoms with Crippen molar-refractivity contribution in [3.63, 3.8) is 0 Å². The topological polar surface area (TPSA) is 37.8 Å². The van der Waals surface area contributed by atoms with Crippen LogP contribution < -0.4 is 5.32 Å². The van der Waals surface area contributed by atoms with Crippen molar-refractivity contribution < 1.29 is 0 Å². The number of nitrogens with one attached hydrogen (secondary N) is 1. The van der Waals surface area contributed by atoms with E-state index in [0.29, 0.717) is 5.92 Å². The van der Waals surface area contributed by atoms with Crippen molar-refractivity contribution in [3.8, 4) is 11.4 Å². The van der Waals surface area contributed by atoms with Crippen molar-refractivity contribution in [1.29, 1.82) is 0 Å². The Hall–Kier alpha value is -1.90. The van der Waals surface area contributed by atoms with Gasteiger partial charge in [0.15, 0.2) is 5.82 Å². The molecule has 0 aliphatic heterocycles. The molecule has 0 radical (unpaired) electrons. The first kappa shape index (κ1) is 13.1. The highest BCUT2D eigenvalue weighted by atomic mass is 15.0. The maximum absolute atomic E-state index is 4.69. The fourth-order valence-electron chi connectivity index (χ4n) is 2.34. The largest absolute Gasteiger partial charge is 0.373 e. The van der Waals surface area contributed by atoms with Gasteiger partial charge < -0.3 is 5.32 Å². The number of rotatable bonds is 4. The summed E-state index contributed by atoms with van der Waals surface area (Å²) in [4.78, 5) is 9.26. The second kappa shape index (κ2) is 5.23. The molecule has 1 N–H and O–H groups in total. The highest BCUT2D eigenvalue weighted by Crippen LogP contribution is 2.40. The van der Waals surface area contributed by atoms with Crippen LogP contribution in [-0.2, 0) is 0 Å². The molecule has 0 amide bonds. The van der Waals surface area contributed by atoms with Crippen molar-refractivity contribution in [1.82, 2.24) is 9.97 Å². The Morgan fingerprint density at radius 1 is 1.10 bits per heavy atom. The predicted molar refractivity (Wildman–Crippen MR) is 83.1 cm³/mol. The minimum absolute atomic E-state index is 0.398. The molecule has 2 aromatic rings. The molecule has 0 saturated heterocycles. The molecule has 1 aromatic heterocycles. The molecule has 3 rings (SSSR count). The molecular weight excluding hydrogens is 246 g/mol. The standard InChI is InChI=1S/C17H21N3/c1-11(2)15-10-16(18-3)20-17(19-15)14-8-6-13(7-9-14)12-4-5-12/h6-12H,4-5H2,1-3H3,(H,18,19,20). The first-order chi connectivity index (χ1) is 9.67. The van der Waals surface area contributed by atoms with Crippen LogP contribution in [0.1, 0.15) is 49.8 Å². The van der Waals surface area contributed by atoms with Crippen LogP contribution in [0.3, 0.4) is 0 Å². The lowest BCUT2D eigenvalue weighted by atomic mass is 10.1. The molecule has 3 heteroatoms. The van der Waals surface area contributed by atoms with Gasteiger partial charge in [0.2, 0.25) is 0 Å². The molecule has 0 bridgehead atoms.